The molecule has 0 saturated carbocycles. The van der Waals surface area contributed by atoms with Crippen molar-refractivity contribution in [2.24, 2.45) is 0 Å². The first-order valence-corrected chi connectivity index (χ1v) is 5.80. The van der Waals surface area contributed by atoms with Crippen LogP contribution in [-0.2, 0) is 0 Å². The first-order valence-electron chi connectivity index (χ1n) is 5.80. The van der Waals surface area contributed by atoms with E-state index in [-0.39, 0.29) is 11.6 Å². The van der Waals surface area contributed by atoms with Crippen molar-refractivity contribution < 1.29 is 4.79 Å². The molecular formula is C11H13N7O. The zero-order valence-corrected chi connectivity index (χ0v) is 10.4. The molecule has 8 nitrogen and oxygen atoms in total. The van der Waals surface area contributed by atoms with Crippen LogP contribution in [0, 0.1) is 0 Å². The van der Waals surface area contributed by atoms with Crippen LogP contribution >= 0.6 is 0 Å². The Bertz CT molecular complexity index is 528. The highest BCUT2D eigenvalue weighted by Crippen LogP contribution is 2.03. The maximum Gasteiger partial charge on any atom is 0.278 e. The van der Waals surface area contributed by atoms with Crippen molar-refractivity contribution in [3.8, 4) is 0 Å². The SMILES string of the molecule is CCCNc1cnc(C(=O)Nc2nccnn2)cn1. The van der Waals surface area contributed by atoms with Gasteiger partial charge in [0.2, 0.25) is 5.95 Å². The third-order valence-electron chi connectivity index (χ3n) is 2.15. The second-order valence-electron chi connectivity index (χ2n) is 3.63. The fraction of sp³-hybridized carbons (Fsp3) is 0.273. The molecule has 2 rings (SSSR count). The van der Waals surface area contributed by atoms with Crippen molar-refractivity contribution in [1.29, 1.82) is 0 Å². The smallest absolute Gasteiger partial charge is 0.278 e. The summed E-state index contributed by atoms with van der Waals surface area (Å²) in [6, 6.07) is 0. The van der Waals surface area contributed by atoms with Gasteiger partial charge in [-0.05, 0) is 6.42 Å². The molecule has 0 bridgehead atoms. The van der Waals surface area contributed by atoms with E-state index in [1.54, 1.807) is 0 Å². The molecule has 0 spiro atoms. The Morgan fingerprint density at radius 1 is 1.21 bits per heavy atom. The van der Waals surface area contributed by atoms with Crippen LogP contribution in [-0.4, -0.2) is 37.6 Å². The number of rotatable bonds is 5. The molecule has 1 amide bonds. The van der Waals surface area contributed by atoms with Crippen LogP contribution in [0.2, 0.25) is 0 Å². The number of hydrogen-bond acceptors (Lipinski definition) is 7. The number of nitrogens with one attached hydrogen (secondary N) is 2. The number of anilines is 2. The summed E-state index contributed by atoms with van der Waals surface area (Å²) in [7, 11) is 0. The molecule has 0 aliphatic rings. The van der Waals surface area contributed by atoms with Crippen LogP contribution < -0.4 is 10.6 Å². The molecule has 98 valence electrons. The van der Waals surface area contributed by atoms with Gasteiger partial charge in [0, 0.05) is 6.54 Å². The number of hydrogen-bond donors (Lipinski definition) is 2. The Morgan fingerprint density at radius 2 is 2.11 bits per heavy atom. The molecule has 2 aromatic heterocycles. The lowest BCUT2D eigenvalue weighted by Crippen LogP contribution is -2.16. The Morgan fingerprint density at radius 3 is 2.74 bits per heavy atom. The monoisotopic (exact) mass is 259 g/mol. The molecule has 19 heavy (non-hydrogen) atoms. The van der Waals surface area contributed by atoms with E-state index < -0.39 is 5.91 Å². The molecule has 0 aliphatic heterocycles. The van der Waals surface area contributed by atoms with Gasteiger partial charge < -0.3 is 5.32 Å². The summed E-state index contributed by atoms with van der Waals surface area (Å²) in [6.45, 7) is 2.86. The molecule has 0 radical (unpaired) electrons. The normalized spacial score (nSPS) is 9.95. The van der Waals surface area contributed by atoms with E-state index in [1.807, 2.05) is 0 Å². The first kappa shape index (κ1) is 12.8. The van der Waals surface area contributed by atoms with E-state index in [1.165, 1.54) is 24.8 Å². The zero-order valence-electron chi connectivity index (χ0n) is 10.4. The van der Waals surface area contributed by atoms with E-state index >= 15 is 0 Å². The standard InChI is InChI=1S/C11H13N7O/c1-2-3-12-9-7-14-8(6-15-9)10(19)17-11-13-4-5-16-18-11/h4-7H,2-3H2,1H3,(H,12,15)(H,13,17,18,19). The van der Waals surface area contributed by atoms with Crippen LogP contribution in [0.15, 0.2) is 24.8 Å². The van der Waals surface area contributed by atoms with Crippen molar-refractivity contribution >= 4 is 17.7 Å². The number of amides is 1. The number of aromatic nitrogens is 5. The number of carbonyl (C=O) groups is 1. The molecule has 0 aliphatic carbocycles. The number of nitrogens with zero attached hydrogens (tertiary/aromatic N) is 5. The highest BCUT2D eigenvalue weighted by atomic mass is 16.2. The van der Waals surface area contributed by atoms with Gasteiger partial charge in [0.05, 0.1) is 24.8 Å². The van der Waals surface area contributed by atoms with Gasteiger partial charge in [0.1, 0.15) is 11.5 Å². The van der Waals surface area contributed by atoms with E-state index in [2.05, 4.69) is 42.7 Å². The lowest BCUT2D eigenvalue weighted by atomic mass is 10.4. The summed E-state index contributed by atoms with van der Waals surface area (Å²) in [6.07, 6.45) is 6.75. The van der Waals surface area contributed by atoms with Crippen molar-refractivity contribution in [2.45, 2.75) is 13.3 Å². The van der Waals surface area contributed by atoms with Gasteiger partial charge in [-0.2, -0.15) is 5.10 Å². The van der Waals surface area contributed by atoms with Crippen molar-refractivity contribution in [1.82, 2.24) is 25.1 Å². The van der Waals surface area contributed by atoms with Gasteiger partial charge in [-0.25, -0.2) is 15.0 Å². The second-order valence-corrected chi connectivity index (χ2v) is 3.63. The maximum absolute atomic E-state index is 11.8. The van der Waals surface area contributed by atoms with Crippen LogP contribution in [0.4, 0.5) is 11.8 Å². The summed E-state index contributed by atoms with van der Waals surface area (Å²) in [5, 5.41) is 12.8. The minimum absolute atomic E-state index is 0.127. The summed E-state index contributed by atoms with van der Waals surface area (Å²) in [5.41, 5.74) is 0.189. The average Bonchev–Trinajstić information content (AvgIpc) is 2.46. The minimum Gasteiger partial charge on any atom is -0.369 e. The largest absolute Gasteiger partial charge is 0.369 e. The molecule has 2 aromatic rings. The third-order valence-corrected chi connectivity index (χ3v) is 2.15. The van der Waals surface area contributed by atoms with Gasteiger partial charge in [-0.3, -0.25) is 10.1 Å². The fourth-order valence-electron chi connectivity index (χ4n) is 1.26. The average molecular weight is 259 g/mol. The van der Waals surface area contributed by atoms with Gasteiger partial charge >= 0.3 is 0 Å². The third kappa shape index (κ3) is 3.66. The minimum atomic E-state index is -0.428. The topological polar surface area (TPSA) is 106 Å². The summed E-state index contributed by atoms with van der Waals surface area (Å²) in [4.78, 5) is 23.7. The predicted molar refractivity (Wildman–Crippen MR) is 68.6 cm³/mol. The van der Waals surface area contributed by atoms with E-state index in [0.29, 0.717) is 5.82 Å². The van der Waals surface area contributed by atoms with Gasteiger partial charge in [-0.1, -0.05) is 6.92 Å². The zero-order chi connectivity index (χ0) is 13.5. The Labute approximate surface area is 109 Å². The van der Waals surface area contributed by atoms with Crippen molar-refractivity contribution in [3.05, 3.63) is 30.5 Å². The highest BCUT2D eigenvalue weighted by molar-refractivity contribution is 6.01. The Hall–Kier alpha value is -2.64. The van der Waals surface area contributed by atoms with Gasteiger partial charge in [-0.15, -0.1) is 5.10 Å². The summed E-state index contributed by atoms with van der Waals surface area (Å²) >= 11 is 0. The van der Waals surface area contributed by atoms with Crippen LogP contribution in [0.25, 0.3) is 0 Å². The van der Waals surface area contributed by atoms with Crippen LogP contribution in [0.3, 0.4) is 0 Å². The van der Waals surface area contributed by atoms with E-state index in [4.69, 9.17) is 0 Å². The molecule has 2 N–H and O–H groups in total. The lowest BCUT2D eigenvalue weighted by molar-refractivity contribution is 0.102. The lowest BCUT2D eigenvalue weighted by Gasteiger charge is -2.04. The van der Waals surface area contributed by atoms with E-state index in [9.17, 15) is 4.79 Å². The Balaban J connectivity index is 1.99. The maximum atomic E-state index is 11.8. The molecule has 0 atom stereocenters. The quantitative estimate of drug-likeness (QED) is 0.815. The second kappa shape index (κ2) is 6.34. The Kier molecular flexibility index (Phi) is 4.27. The van der Waals surface area contributed by atoms with Crippen molar-refractivity contribution in [2.75, 3.05) is 17.2 Å². The summed E-state index contributed by atoms with van der Waals surface area (Å²) < 4.78 is 0. The molecule has 0 fully saturated rings. The summed E-state index contributed by atoms with van der Waals surface area (Å²) in [5.74, 6) is 0.334. The molecule has 8 heteroatoms. The molecule has 0 saturated heterocycles. The van der Waals surface area contributed by atoms with Crippen LogP contribution in [0.1, 0.15) is 23.8 Å². The van der Waals surface area contributed by atoms with E-state index in [0.717, 1.165) is 13.0 Å². The van der Waals surface area contributed by atoms with Gasteiger partial charge in [0.15, 0.2) is 0 Å². The predicted octanol–water partition coefficient (Wildman–Crippen LogP) is 0.736. The van der Waals surface area contributed by atoms with Crippen molar-refractivity contribution in [3.63, 3.8) is 0 Å². The highest BCUT2D eigenvalue weighted by Gasteiger charge is 2.09. The molecule has 0 aromatic carbocycles. The van der Waals surface area contributed by atoms with Crippen LogP contribution in [0.5, 0.6) is 0 Å². The van der Waals surface area contributed by atoms with Gasteiger partial charge in [0.25, 0.3) is 5.91 Å². The molecular weight excluding hydrogens is 246 g/mol. The number of carbonyl (C=O) groups excluding carboxylic acids is 1. The fourth-order valence-corrected chi connectivity index (χ4v) is 1.26. The molecule has 2 heterocycles. The first-order chi connectivity index (χ1) is 9.29. The molecule has 0 unspecified atom stereocenters.